The molecule has 0 spiro atoms. The highest BCUT2D eigenvalue weighted by atomic mass is 16.2. The number of nitrogens with one attached hydrogen (secondary N) is 2. The van der Waals surface area contributed by atoms with E-state index in [-0.39, 0.29) is 17.7 Å². The number of carbonyl (C=O) groups excluding carboxylic acids is 2. The number of piperidine rings is 1. The number of hydrogen-bond acceptors (Lipinski definition) is 4. The summed E-state index contributed by atoms with van der Waals surface area (Å²) in [6.07, 6.45) is 1.60. The minimum Gasteiger partial charge on any atom is -0.399 e. The zero-order valence-corrected chi connectivity index (χ0v) is 12.3. The van der Waals surface area contributed by atoms with Gasteiger partial charge in [-0.05, 0) is 50.2 Å². The molecule has 1 fully saturated rings. The molecule has 0 aromatic heterocycles. The molecule has 0 unspecified atom stereocenters. The summed E-state index contributed by atoms with van der Waals surface area (Å²) in [5.41, 5.74) is 7.02. The highest BCUT2D eigenvalue weighted by Gasteiger charge is 2.25. The topological polar surface area (TPSA) is 87.5 Å². The first-order valence-electron chi connectivity index (χ1n) is 7.18. The van der Waals surface area contributed by atoms with Crippen LogP contribution in [0.1, 0.15) is 12.8 Å². The van der Waals surface area contributed by atoms with E-state index in [9.17, 15) is 9.59 Å². The number of likely N-dealkylation sites (tertiary alicyclic amines) is 1. The molecule has 0 radical (unpaired) electrons. The predicted octanol–water partition coefficient (Wildman–Crippen LogP) is 0.665. The molecular formula is C15H22N4O2. The predicted molar refractivity (Wildman–Crippen MR) is 82.7 cm³/mol. The van der Waals surface area contributed by atoms with Crippen molar-refractivity contribution in [1.82, 2.24) is 10.2 Å². The zero-order chi connectivity index (χ0) is 15.2. The third kappa shape index (κ3) is 4.46. The van der Waals surface area contributed by atoms with Gasteiger partial charge < -0.3 is 16.4 Å². The summed E-state index contributed by atoms with van der Waals surface area (Å²) in [7, 11) is 1.66. The van der Waals surface area contributed by atoms with Crippen LogP contribution in [0.2, 0.25) is 0 Å². The van der Waals surface area contributed by atoms with Gasteiger partial charge in [0.1, 0.15) is 0 Å². The van der Waals surface area contributed by atoms with Gasteiger partial charge >= 0.3 is 0 Å². The van der Waals surface area contributed by atoms with E-state index in [4.69, 9.17) is 5.73 Å². The maximum absolute atomic E-state index is 12.0. The zero-order valence-electron chi connectivity index (χ0n) is 12.3. The third-order valence-corrected chi connectivity index (χ3v) is 3.77. The van der Waals surface area contributed by atoms with Crippen LogP contribution in [0, 0.1) is 5.92 Å². The van der Waals surface area contributed by atoms with Crippen molar-refractivity contribution in [2.75, 3.05) is 37.7 Å². The number of nitrogens with two attached hydrogens (primary N) is 1. The number of benzene rings is 1. The molecule has 0 aliphatic carbocycles. The smallest absolute Gasteiger partial charge is 0.238 e. The molecule has 4 N–H and O–H groups in total. The average molecular weight is 290 g/mol. The van der Waals surface area contributed by atoms with Gasteiger partial charge in [-0.2, -0.15) is 0 Å². The van der Waals surface area contributed by atoms with Crippen LogP contribution in [0.15, 0.2) is 24.3 Å². The molecule has 6 heteroatoms. The molecule has 114 valence electrons. The van der Waals surface area contributed by atoms with Crippen LogP contribution < -0.4 is 16.4 Å². The normalized spacial score (nSPS) is 16.4. The summed E-state index contributed by atoms with van der Waals surface area (Å²) < 4.78 is 0. The maximum atomic E-state index is 12.0. The summed E-state index contributed by atoms with van der Waals surface area (Å²) in [4.78, 5) is 25.6. The molecule has 0 saturated carbocycles. The fourth-order valence-corrected chi connectivity index (χ4v) is 2.53. The molecule has 1 aromatic carbocycles. The van der Waals surface area contributed by atoms with Gasteiger partial charge in [-0.25, -0.2) is 0 Å². The van der Waals surface area contributed by atoms with E-state index in [2.05, 4.69) is 15.5 Å². The molecule has 2 rings (SSSR count). The van der Waals surface area contributed by atoms with E-state index < -0.39 is 0 Å². The molecular weight excluding hydrogens is 268 g/mol. The van der Waals surface area contributed by atoms with Crippen LogP contribution >= 0.6 is 0 Å². The van der Waals surface area contributed by atoms with Crippen molar-refractivity contribution in [3.05, 3.63) is 24.3 Å². The fraction of sp³-hybridized carbons (Fsp3) is 0.467. The average Bonchev–Trinajstić information content (AvgIpc) is 2.49. The lowest BCUT2D eigenvalue weighted by molar-refractivity contribution is -0.126. The van der Waals surface area contributed by atoms with Crippen molar-refractivity contribution < 1.29 is 9.59 Å². The highest BCUT2D eigenvalue weighted by Crippen LogP contribution is 2.17. The number of rotatable bonds is 4. The van der Waals surface area contributed by atoms with Crippen molar-refractivity contribution in [3.63, 3.8) is 0 Å². The molecule has 1 aromatic rings. The lowest BCUT2D eigenvalue weighted by Crippen LogP contribution is -2.42. The Hall–Kier alpha value is -2.08. The van der Waals surface area contributed by atoms with Gasteiger partial charge in [-0.1, -0.05) is 0 Å². The van der Waals surface area contributed by atoms with Crippen LogP contribution in [0.5, 0.6) is 0 Å². The maximum Gasteiger partial charge on any atom is 0.238 e. The van der Waals surface area contributed by atoms with E-state index in [0.29, 0.717) is 12.2 Å². The molecule has 1 aliphatic rings. The van der Waals surface area contributed by atoms with Crippen molar-refractivity contribution in [3.8, 4) is 0 Å². The first-order chi connectivity index (χ1) is 10.1. The second kappa shape index (κ2) is 7.08. The van der Waals surface area contributed by atoms with E-state index in [1.54, 1.807) is 31.3 Å². The number of anilines is 2. The summed E-state index contributed by atoms with van der Waals surface area (Å²) in [5.74, 6) is 0.130. The van der Waals surface area contributed by atoms with Gasteiger partial charge in [-0.15, -0.1) is 0 Å². The lowest BCUT2D eigenvalue weighted by atomic mass is 9.96. The summed E-state index contributed by atoms with van der Waals surface area (Å²) in [5, 5.41) is 5.53. The minimum absolute atomic E-state index is 0.0434. The Morgan fingerprint density at radius 1 is 1.24 bits per heavy atom. The molecule has 0 bridgehead atoms. The van der Waals surface area contributed by atoms with Gasteiger partial charge in [0, 0.05) is 24.3 Å². The van der Waals surface area contributed by atoms with Crippen LogP contribution in [0.4, 0.5) is 11.4 Å². The summed E-state index contributed by atoms with van der Waals surface area (Å²) >= 11 is 0. The molecule has 1 saturated heterocycles. The molecule has 1 heterocycles. The Balaban J connectivity index is 1.76. The number of hydrogen-bond donors (Lipinski definition) is 3. The van der Waals surface area contributed by atoms with Gasteiger partial charge in [0.25, 0.3) is 0 Å². The molecule has 2 amide bonds. The number of amides is 2. The first kappa shape index (κ1) is 15.3. The SMILES string of the molecule is CNC(=O)C1CCN(CC(=O)Nc2ccc(N)cc2)CC1. The van der Waals surface area contributed by atoms with Crippen molar-refractivity contribution in [2.24, 2.45) is 5.92 Å². The van der Waals surface area contributed by atoms with E-state index >= 15 is 0 Å². The Bertz CT molecular complexity index is 493. The van der Waals surface area contributed by atoms with Crippen molar-refractivity contribution in [1.29, 1.82) is 0 Å². The number of nitrogens with zero attached hydrogens (tertiary/aromatic N) is 1. The van der Waals surface area contributed by atoms with Crippen molar-refractivity contribution in [2.45, 2.75) is 12.8 Å². The number of carbonyl (C=O) groups is 2. The quantitative estimate of drug-likeness (QED) is 0.711. The van der Waals surface area contributed by atoms with E-state index in [1.165, 1.54) is 0 Å². The lowest BCUT2D eigenvalue weighted by Gasteiger charge is -2.30. The monoisotopic (exact) mass is 290 g/mol. The van der Waals surface area contributed by atoms with Gasteiger partial charge in [0.15, 0.2) is 0 Å². The second-order valence-electron chi connectivity index (χ2n) is 5.33. The van der Waals surface area contributed by atoms with Crippen LogP contribution in [0.3, 0.4) is 0 Å². The Kier molecular flexibility index (Phi) is 5.16. The van der Waals surface area contributed by atoms with Crippen molar-refractivity contribution >= 4 is 23.2 Å². The highest BCUT2D eigenvalue weighted by molar-refractivity contribution is 5.92. The standard InChI is InChI=1S/C15H22N4O2/c1-17-15(21)11-6-8-19(9-7-11)10-14(20)18-13-4-2-12(16)3-5-13/h2-5,11H,6-10,16H2,1H3,(H,17,21)(H,18,20). The molecule has 0 atom stereocenters. The Morgan fingerprint density at radius 3 is 2.43 bits per heavy atom. The summed E-state index contributed by atoms with van der Waals surface area (Å²) in [6, 6.07) is 7.07. The Labute approximate surface area is 124 Å². The molecule has 6 nitrogen and oxygen atoms in total. The molecule has 1 aliphatic heterocycles. The van der Waals surface area contributed by atoms with Crippen LogP contribution in [-0.2, 0) is 9.59 Å². The fourth-order valence-electron chi connectivity index (χ4n) is 2.53. The number of nitrogen functional groups attached to an aromatic ring is 1. The van der Waals surface area contributed by atoms with Crippen LogP contribution in [0.25, 0.3) is 0 Å². The third-order valence-electron chi connectivity index (χ3n) is 3.77. The largest absolute Gasteiger partial charge is 0.399 e. The second-order valence-corrected chi connectivity index (χ2v) is 5.33. The van der Waals surface area contributed by atoms with Crippen LogP contribution in [-0.4, -0.2) is 43.4 Å². The Morgan fingerprint density at radius 2 is 1.86 bits per heavy atom. The van der Waals surface area contributed by atoms with Gasteiger partial charge in [0.2, 0.25) is 11.8 Å². The minimum atomic E-state index is -0.0434. The first-order valence-corrected chi connectivity index (χ1v) is 7.18. The van der Waals surface area contributed by atoms with E-state index in [0.717, 1.165) is 31.6 Å². The van der Waals surface area contributed by atoms with E-state index in [1.807, 2.05) is 0 Å². The van der Waals surface area contributed by atoms with Gasteiger partial charge in [0.05, 0.1) is 6.54 Å². The summed E-state index contributed by atoms with van der Waals surface area (Å²) in [6.45, 7) is 1.89. The molecule has 21 heavy (non-hydrogen) atoms. The van der Waals surface area contributed by atoms with Gasteiger partial charge in [-0.3, -0.25) is 14.5 Å².